The monoisotopic (exact) mass is 393 g/mol. The third-order valence-corrected chi connectivity index (χ3v) is 5.54. The third-order valence-electron chi connectivity index (χ3n) is 3.77. The predicted octanol–water partition coefficient (Wildman–Crippen LogP) is 3.14. The summed E-state index contributed by atoms with van der Waals surface area (Å²) in [5.74, 6) is 0.142. The van der Waals surface area contributed by atoms with Gasteiger partial charge >= 0.3 is 156 Å². The third kappa shape index (κ3) is 4.07. The zero-order chi connectivity index (χ0) is 18.7. The molecule has 0 heterocycles. The van der Waals surface area contributed by atoms with Gasteiger partial charge in [0.1, 0.15) is 0 Å². The van der Waals surface area contributed by atoms with E-state index in [0.717, 1.165) is 11.1 Å². The number of phenolic OH excluding ortho intramolecular Hbond substituents is 1. The SMILES string of the molecule is Cc1ccc(C(=O)Oc2cc[c]([Co](=[O])[c]3ccc(O)cc3)cc2C)cc1. The topological polar surface area (TPSA) is 63.6 Å². The van der Waals surface area contributed by atoms with Crippen LogP contribution in [0.25, 0.3) is 0 Å². The van der Waals surface area contributed by atoms with Gasteiger partial charge in [0.15, 0.2) is 0 Å². The fourth-order valence-corrected chi connectivity index (χ4v) is 3.74. The summed E-state index contributed by atoms with van der Waals surface area (Å²) >= 11 is -1.76. The molecule has 0 bridgehead atoms. The van der Waals surface area contributed by atoms with Gasteiger partial charge in [0.05, 0.1) is 0 Å². The van der Waals surface area contributed by atoms with E-state index >= 15 is 0 Å². The Morgan fingerprint density at radius 1 is 0.885 bits per heavy atom. The number of phenols is 1. The second-order valence-electron chi connectivity index (χ2n) is 5.81. The van der Waals surface area contributed by atoms with Gasteiger partial charge in [-0.3, -0.25) is 0 Å². The Kier molecular flexibility index (Phi) is 5.30. The summed E-state index contributed by atoms with van der Waals surface area (Å²) in [4.78, 5) is 12.2. The number of benzene rings is 3. The average molecular weight is 393 g/mol. The van der Waals surface area contributed by atoms with Crippen LogP contribution in [0.2, 0.25) is 0 Å². The first-order valence-electron chi connectivity index (χ1n) is 7.94. The van der Waals surface area contributed by atoms with E-state index < -0.39 is 19.6 Å². The van der Waals surface area contributed by atoms with E-state index in [1.165, 1.54) is 12.1 Å². The Labute approximate surface area is 156 Å². The summed E-state index contributed by atoms with van der Waals surface area (Å²) in [5, 5.41) is 9.34. The van der Waals surface area contributed by atoms with Gasteiger partial charge in [0.2, 0.25) is 0 Å². The number of hydrogen-bond acceptors (Lipinski definition) is 4. The second kappa shape index (κ2) is 7.64. The zero-order valence-electron chi connectivity index (χ0n) is 14.4. The van der Waals surface area contributed by atoms with Crippen molar-refractivity contribution in [2.24, 2.45) is 0 Å². The van der Waals surface area contributed by atoms with Crippen LogP contribution in [0, 0.1) is 13.8 Å². The summed E-state index contributed by atoms with van der Waals surface area (Å²) in [6.07, 6.45) is 0. The fraction of sp³-hybridized carbons (Fsp3) is 0.0952. The summed E-state index contributed by atoms with van der Waals surface area (Å²) in [7, 11) is 0. The molecule has 0 amide bonds. The van der Waals surface area contributed by atoms with Crippen molar-refractivity contribution in [1.82, 2.24) is 0 Å². The van der Waals surface area contributed by atoms with Crippen molar-refractivity contribution >= 4 is 15.0 Å². The fourth-order valence-electron chi connectivity index (χ4n) is 2.30. The van der Waals surface area contributed by atoms with Gasteiger partial charge in [0.25, 0.3) is 0 Å². The van der Waals surface area contributed by atoms with Crippen molar-refractivity contribution in [2.45, 2.75) is 13.8 Å². The van der Waals surface area contributed by atoms with Crippen molar-refractivity contribution in [3.8, 4) is 11.5 Å². The number of aryl methyl sites for hydroxylation is 2. The molecule has 0 unspecified atom stereocenters. The van der Waals surface area contributed by atoms with Crippen LogP contribution in [0.4, 0.5) is 0 Å². The number of carbonyl (C=O) groups is 1. The zero-order valence-corrected chi connectivity index (χ0v) is 15.4. The molecule has 3 aromatic rings. The van der Waals surface area contributed by atoms with Gasteiger partial charge in [-0.05, 0) is 0 Å². The van der Waals surface area contributed by atoms with E-state index in [0.29, 0.717) is 20.3 Å². The maximum absolute atomic E-state index is 12.7. The molecule has 0 radical (unpaired) electrons. The molecule has 0 aromatic heterocycles. The van der Waals surface area contributed by atoms with Crippen LogP contribution in [-0.4, -0.2) is 11.1 Å². The molecule has 0 saturated carbocycles. The summed E-state index contributed by atoms with van der Waals surface area (Å²) in [5.41, 5.74) is 2.28. The van der Waals surface area contributed by atoms with E-state index in [-0.39, 0.29) is 5.75 Å². The minimum absolute atomic E-state index is 0.131. The first kappa shape index (κ1) is 18.0. The van der Waals surface area contributed by atoms with Gasteiger partial charge < -0.3 is 0 Å². The van der Waals surface area contributed by atoms with E-state index in [1.54, 1.807) is 49.4 Å². The molecule has 0 atom stereocenters. The van der Waals surface area contributed by atoms with Crippen molar-refractivity contribution in [3.05, 3.63) is 83.4 Å². The first-order chi connectivity index (χ1) is 12.4. The van der Waals surface area contributed by atoms with Crippen molar-refractivity contribution in [1.29, 1.82) is 0 Å². The van der Waals surface area contributed by atoms with Gasteiger partial charge in [-0.2, -0.15) is 0 Å². The molecule has 0 fully saturated rings. The standard InChI is InChI=1S/C15H13O2.C6H5O.Co.O/c1-11-7-9-13(10-8-11)15(16)17-14-6-4-3-5-12(14)2;7-6-4-2-1-3-5-6;;/h4-10H,1-2H3;2-5,7H;;. The molecular formula is C21H18CoO4. The molecule has 0 aliphatic rings. The van der Waals surface area contributed by atoms with Gasteiger partial charge in [-0.25, -0.2) is 0 Å². The number of aromatic hydroxyl groups is 1. The van der Waals surface area contributed by atoms with Crippen LogP contribution in [0.1, 0.15) is 21.5 Å². The number of esters is 1. The van der Waals surface area contributed by atoms with E-state index in [9.17, 15) is 13.8 Å². The van der Waals surface area contributed by atoms with Gasteiger partial charge in [-0.15, -0.1) is 0 Å². The normalized spacial score (nSPS) is 11.1. The predicted molar refractivity (Wildman–Crippen MR) is 95.4 cm³/mol. The van der Waals surface area contributed by atoms with Crippen LogP contribution in [0.3, 0.4) is 0 Å². The Hall–Kier alpha value is -2.76. The van der Waals surface area contributed by atoms with Crippen molar-refractivity contribution in [3.63, 3.8) is 0 Å². The Morgan fingerprint density at radius 3 is 2.12 bits per heavy atom. The Bertz CT molecular complexity index is 960. The number of ether oxygens (including phenoxy) is 1. The van der Waals surface area contributed by atoms with Crippen LogP contribution >= 0.6 is 0 Å². The molecule has 0 aliphatic carbocycles. The second-order valence-corrected chi connectivity index (χ2v) is 7.70. The first-order valence-corrected chi connectivity index (χ1v) is 9.40. The van der Waals surface area contributed by atoms with Gasteiger partial charge in [0, 0.05) is 0 Å². The minimum atomic E-state index is -1.76. The van der Waals surface area contributed by atoms with E-state index in [4.69, 9.17) is 4.74 Å². The van der Waals surface area contributed by atoms with Crippen molar-refractivity contribution < 1.29 is 32.1 Å². The molecule has 0 spiro atoms. The molecular weight excluding hydrogens is 375 g/mol. The van der Waals surface area contributed by atoms with Crippen LogP contribution in [0.5, 0.6) is 11.5 Å². The Morgan fingerprint density at radius 2 is 1.50 bits per heavy atom. The number of carbonyl (C=O) groups excluding carboxylic acids is 1. The number of hydrogen-bond donors (Lipinski definition) is 1. The molecule has 135 valence electrons. The maximum atomic E-state index is 12.7. The van der Waals surface area contributed by atoms with Crippen molar-refractivity contribution in [2.75, 3.05) is 0 Å². The molecule has 3 rings (SSSR count). The summed E-state index contributed by atoms with van der Waals surface area (Å²) in [6.45, 7) is 3.76. The summed E-state index contributed by atoms with van der Waals surface area (Å²) in [6, 6.07) is 18.5. The van der Waals surface area contributed by atoms with Crippen LogP contribution in [-0.2, 0) is 17.5 Å². The quantitative estimate of drug-likeness (QED) is 0.547. The molecule has 1 N–H and O–H groups in total. The van der Waals surface area contributed by atoms with Crippen LogP contribution < -0.4 is 13.7 Å². The number of rotatable bonds is 4. The Balaban J connectivity index is 1.79. The molecule has 4 nitrogen and oxygen atoms in total. The molecule has 0 aliphatic heterocycles. The van der Waals surface area contributed by atoms with E-state index in [2.05, 4.69) is 0 Å². The molecule has 26 heavy (non-hydrogen) atoms. The molecule has 0 saturated heterocycles. The van der Waals surface area contributed by atoms with Gasteiger partial charge in [-0.1, -0.05) is 0 Å². The van der Waals surface area contributed by atoms with Crippen LogP contribution in [0.15, 0.2) is 66.7 Å². The molecule has 5 heteroatoms. The summed E-state index contributed by atoms with van der Waals surface area (Å²) < 4.78 is 19.4. The molecule has 3 aromatic carbocycles. The average Bonchev–Trinajstić information content (AvgIpc) is 2.64. The van der Waals surface area contributed by atoms with E-state index in [1.807, 2.05) is 19.1 Å².